The van der Waals surface area contributed by atoms with Gasteiger partial charge in [0, 0.05) is 24.0 Å². The van der Waals surface area contributed by atoms with Crippen molar-refractivity contribution in [3.63, 3.8) is 0 Å². The van der Waals surface area contributed by atoms with Gasteiger partial charge in [0.15, 0.2) is 5.16 Å². The van der Waals surface area contributed by atoms with Crippen LogP contribution in [0, 0.1) is 0 Å². The van der Waals surface area contributed by atoms with Gasteiger partial charge in [0.2, 0.25) is 11.8 Å². The Morgan fingerprint density at radius 2 is 1.97 bits per heavy atom. The fraction of sp³-hybridized carbons (Fsp3) is 0.667. The number of rotatable bonds is 10. The summed E-state index contributed by atoms with van der Waals surface area (Å²) in [6.07, 6.45) is 7.34. The molecule has 0 saturated heterocycles. The van der Waals surface area contributed by atoms with E-state index >= 15 is 0 Å². The summed E-state index contributed by atoms with van der Waals surface area (Å²) in [5.74, 6) is -0.217. The number of unbranched alkanes of at least 4 members (excludes halogenated alkanes) is 3. The number of nitrogens with one attached hydrogen (secondary N) is 1. The van der Waals surface area contributed by atoms with Gasteiger partial charge in [-0.05, 0) is 52.0 Å². The molecule has 1 N–H and O–H groups in total. The van der Waals surface area contributed by atoms with Gasteiger partial charge in [-0.3, -0.25) is 19.0 Å². The zero-order valence-corrected chi connectivity index (χ0v) is 22.1. The summed E-state index contributed by atoms with van der Waals surface area (Å²) < 4.78 is 1.77. The first-order valence-electron chi connectivity index (χ1n) is 11.8. The van der Waals surface area contributed by atoms with Crippen LogP contribution >= 0.6 is 23.1 Å². The first kappa shape index (κ1) is 25.7. The van der Waals surface area contributed by atoms with E-state index in [1.54, 1.807) is 23.0 Å². The van der Waals surface area contributed by atoms with Crippen LogP contribution in [-0.2, 0) is 29.0 Å². The number of nitrogens with zero attached hydrogens (tertiary/aromatic N) is 3. The first-order chi connectivity index (χ1) is 15.6. The molecule has 2 aromatic heterocycles. The van der Waals surface area contributed by atoms with Crippen LogP contribution in [-0.4, -0.2) is 51.1 Å². The lowest BCUT2D eigenvalue weighted by atomic mass is 10.1. The fourth-order valence-electron chi connectivity index (χ4n) is 4.06. The van der Waals surface area contributed by atoms with E-state index in [-0.39, 0.29) is 35.2 Å². The highest BCUT2D eigenvalue weighted by molar-refractivity contribution is 7.99. The highest BCUT2D eigenvalue weighted by Crippen LogP contribution is 2.35. The third-order valence-corrected chi connectivity index (χ3v) is 7.82. The maximum atomic E-state index is 13.5. The Morgan fingerprint density at radius 3 is 2.67 bits per heavy atom. The van der Waals surface area contributed by atoms with Crippen molar-refractivity contribution in [2.45, 2.75) is 89.9 Å². The zero-order chi connectivity index (χ0) is 24.2. The van der Waals surface area contributed by atoms with Crippen molar-refractivity contribution in [3.05, 3.63) is 20.8 Å². The number of hydrogen-bond acceptors (Lipinski definition) is 6. The van der Waals surface area contributed by atoms with Crippen LogP contribution < -0.4 is 10.9 Å². The van der Waals surface area contributed by atoms with Crippen molar-refractivity contribution in [1.29, 1.82) is 0 Å². The van der Waals surface area contributed by atoms with Crippen LogP contribution in [0.3, 0.4) is 0 Å². The number of aryl methyl sites for hydroxylation is 2. The molecule has 3 rings (SSSR count). The SMILES string of the molecule is CCCCCCn1c(SCC(=O)N(C)CC(=O)NC(C)(C)C)nc2sc3c(c2c1=O)CCC3. The van der Waals surface area contributed by atoms with E-state index in [0.29, 0.717) is 11.7 Å². The van der Waals surface area contributed by atoms with Gasteiger partial charge >= 0.3 is 0 Å². The average molecular weight is 493 g/mol. The molecule has 0 radical (unpaired) electrons. The van der Waals surface area contributed by atoms with Crippen molar-refractivity contribution in [3.8, 4) is 0 Å². The van der Waals surface area contributed by atoms with Gasteiger partial charge in [-0.1, -0.05) is 37.9 Å². The van der Waals surface area contributed by atoms with Crippen LogP contribution in [0.2, 0.25) is 0 Å². The maximum absolute atomic E-state index is 13.5. The Bertz CT molecular complexity index is 1070. The number of likely N-dealkylation sites (N-methyl/N-ethyl adjacent to an activating group) is 1. The molecule has 2 heterocycles. The second kappa shape index (κ2) is 11.0. The standard InChI is InChI=1S/C24H36N4O3S2/c1-6-7-8-9-13-28-22(31)20-16-11-10-12-17(16)33-21(20)25-23(28)32-15-19(30)27(5)14-18(29)26-24(2,3)4/h6-15H2,1-5H3,(H,26,29). The molecular formula is C24H36N4O3S2. The van der Waals surface area contributed by atoms with E-state index in [9.17, 15) is 14.4 Å². The lowest BCUT2D eigenvalue weighted by Crippen LogP contribution is -2.46. The number of aromatic nitrogens is 2. The molecule has 33 heavy (non-hydrogen) atoms. The zero-order valence-electron chi connectivity index (χ0n) is 20.5. The van der Waals surface area contributed by atoms with E-state index in [2.05, 4.69) is 12.2 Å². The summed E-state index contributed by atoms with van der Waals surface area (Å²) in [5.41, 5.74) is 0.875. The highest BCUT2D eigenvalue weighted by atomic mass is 32.2. The third-order valence-electron chi connectivity index (χ3n) is 5.67. The molecule has 1 aliphatic carbocycles. The predicted octanol–water partition coefficient (Wildman–Crippen LogP) is 3.99. The summed E-state index contributed by atoms with van der Waals surface area (Å²) in [5, 5.41) is 4.26. The quantitative estimate of drug-likeness (QED) is 0.308. The number of thiophene rings is 1. The molecule has 0 aromatic carbocycles. The molecule has 0 saturated carbocycles. The number of fused-ring (bicyclic) bond motifs is 3. The molecular weight excluding hydrogens is 456 g/mol. The van der Waals surface area contributed by atoms with Crippen LogP contribution in [0.1, 0.15) is 70.2 Å². The minimum absolute atomic E-state index is 0.00456. The van der Waals surface area contributed by atoms with Crippen molar-refractivity contribution in [2.24, 2.45) is 0 Å². The monoisotopic (exact) mass is 492 g/mol. The number of amides is 2. The first-order valence-corrected chi connectivity index (χ1v) is 13.6. The Morgan fingerprint density at radius 1 is 1.21 bits per heavy atom. The molecule has 9 heteroatoms. The molecule has 7 nitrogen and oxygen atoms in total. The molecule has 0 atom stereocenters. The molecule has 2 aromatic rings. The maximum Gasteiger partial charge on any atom is 0.263 e. The largest absolute Gasteiger partial charge is 0.350 e. The summed E-state index contributed by atoms with van der Waals surface area (Å²) in [6.45, 7) is 8.51. The number of thioether (sulfide) groups is 1. The Kier molecular flexibility index (Phi) is 8.61. The molecule has 1 aliphatic rings. The van der Waals surface area contributed by atoms with E-state index < -0.39 is 0 Å². The van der Waals surface area contributed by atoms with Crippen molar-refractivity contribution >= 4 is 45.1 Å². The number of carbonyl (C=O) groups is 2. The van der Waals surface area contributed by atoms with Crippen LogP contribution in [0.5, 0.6) is 0 Å². The van der Waals surface area contributed by atoms with Gasteiger partial charge in [0.1, 0.15) is 4.83 Å². The Labute approximate surface area is 204 Å². The van der Waals surface area contributed by atoms with Gasteiger partial charge in [-0.15, -0.1) is 11.3 Å². The minimum Gasteiger partial charge on any atom is -0.350 e. The molecule has 0 spiro atoms. The lowest BCUT2D eigenvalue weighted by Gasteiger charge is -2.23. The van der Waals surface area contributed by atoms with Crippen LogP contribution in [0.25, 0.3) is 10.2 Å². The van der Waals surface area contributed by atoms with Gasteiger partial charge in [-0.25, -0.2) is 4.98 Å². The summed E-state index contributed by atoms with van der Waals surface area (Å²) >= 11 is 2.92. The lowest BCUT2D eigenvalue weighted by molar-refractivity contribution is -0.133. The summed E-state index contributed by atoms with van der Waals surface area (Å²) in [4.78, 5) is 46.7. The van der Waals surface area contributed by atoms with Crippen molar-refractivity contribution in [2.75, 3.05) is 19.3 Å². The van der Waals surface area contributed by atoms with Crippen LogP contribution in [0.15, 0.2) is 9.95 Å². The minimum atomic E-state index is -0.343. The van der Waals surface area contributed by atoms with Gasteiger partial charge in [0.05, 0.1) is 17.7 Å². The molecule has 0 bridgehead atoms. The van der Waals surface area contributed by atoms with Gasteiger partial charge in [-0.2, -0.15) is 0 Å². The normalized spacial score (nSPS) is 13.4. The second-order valence-electron chi connectivity index (χ2n) is 9.79. The average Bonchev–Trinajstić information content (AvgIpc) is 3.30. The van der Waals surface area contributed by atoms with Crippen molar-refractivity contribution in [1.82, 2.24) is 19.8 Å². The number of hydrogen-bond donors (Lipinski definition) is 1. The number of carbonyl (C=O) groups excluding carboxylic acids is 2. The van der Waals surface area contributed by atoms with E-state index in [1.165, 1.54) is 27.1 Å². The van der Waals surface area contributed by atoms with E-state index in [1.807, 2.05) is 20.8 Å². The molecule has 0 fully saturated rings. The third kappa shape index (κ3) is 6.59. The summed E-state index contributed by atoms with van der Waals surface area (Å²) in [7, 11) is 1.63. The molecule has 182 valence electrons. The van der Waals surface area contributed by atoms with Gasteiger partial charge < -0.3 is 10.2 Å². The topological polar surface area (TPSA) is 84.3 Å². The second-order valence-corrected chi connectivity index (χ2v) is 11.8. The van der Waals surface area contributed by atoms with E-state index in [0.717, 1.165) is 55.2 Å². The predicted molar refractivity (Wildman–Crippen MR) is 136 cm³/mol. The molecule has 0 aliphatic heterocycles. The molecule has 2 amide bonds. The van der Waals surface area contributed by atoms with E-state index in [4.69, 9.17) is 4.98 Å². The molecule has 0 unspecified atom stereocenters. The Balaban J connectivity index is 1.76. The van der Waals surface area contributed by atoms with Crippen molar-refractivity contribution < 1.29 is 9.59 Å². The summed E-state index contributed by atoms with van der Waals surface area (Å²) in [6, 6.07) is 0. The van der Waals surface area contributed by atoms with Gasteiger partial charge in [0.25, 0.3) is 5.56 Å². The smallest absolute Gasteiger partial charge is 0.263 e. The fourth-order valence-corrected chi connectivity index (χ4v) is 6.33. The van der Waals surface area contributed by atoms with Crippen LogP contribution in [0.4, 0.5) is 0 Å². The highest BCUT2D eigenvalue weighted by Gasteiger charge is 2.24. The Hall–Kier alpha value is -1.87.